The molecule has 0 aliphatic rings. The molecule has 2 aromatic rings. The third kappa shape index (κ3) is 3.11. The topological polar surface area (TPSA) is 57.8 Å². The smallest absolute Gasteiger partial charge is 0.253 e. The summed E-state index contributed by atoms with van der Waals surface area (Å²) in [6, 6.07) is 5.50. The number of imidazole rings is 1. The Balaban J connectivity index is 2.15. The zero-order valence-corrected chi connectivity index (χ0v) is 13.3. The summed E-state index contributed by atoms with van der Waals surface area (Å²) < 4.78 is 1.80. The van der Waals surface area contributed by atoms with Crippen LogP contribution in [0.3, 0.4) is 0 Å². The lowest BCUT2D eigenvalue weighted by molar-refractivity contribution is 0.0937. The zero-order chi connectivity index (χ0) is 13.1. The molecule has 2 rings (SSSR count). The van der Waals surface area contributed by atoms with Crippen molar-refractivity contribution in [2.45, 2.75) is 13.0 Å². The van der Waals surface area contributed by atoms with Gasteiger partial charge in [0.2, 0.25) is 0 Å². The van der Waals surface area contributed by atoms with E-state index >= 15 is 0 Å². The van der Waals surface area contributed by atoms with Crippen LogP contribution in [0.4, 0.5) is 0 Å². The molecule has 0 saturated heterocycles. The highest BCUT2D eigenvalue weighted by Crippen LogP contribution is 2.20. The van der Waals surface area contributed by atoms with Crippen molar-refractivity contribution in [3.05, 3.63) is 50.0 Å². The summed E-state index contributed by atoms with van der Waals surface area (Å²) in [6.07, 6.45) is 3.40. The average Bonchev–Trinajstić information content (AvgIpc) is 2.85. The minimum atomic E-state index is -0.155. The molecule has 18 heavy (non-hydrogen) atoms. The largest absolute Gasteiger partial charge is 0.347 e. The van der Waals surface area contributed by atoms with Crippen molar-refractivity contribution in [3.63, 3.8) is 0 Å². The summed E-state index contributed by atoms with van der Waals surface area (Å²) in [5, 5.41) is 2.90. The van der Waals surface area contributed by atoms with E-state index in [4.69, 9.17) is 0 Å². The Labute approximate surface area is 127 Å². The van der Waals surface area contributed by atoms with Crippen molar-refractivity contribution in [3.8, 4) is 0 Å². The molecule has 0 saturated carbocycles. The molecule has 6 heteroatoms. The molecule has 0 aliphatic heterocycles. The predicted molar refractivity (Wildman–Crippen MR) is 81.3 cm³/mol. The Bertz CT molecular complexity index is 556. The summed E-state index contributed by atoms with van der Waals surface area (Å²) in [7, 11) is 0. The first-order chi connectivity index (χ1) is 8.58. The Hall–Kier alpha value is -0.890. The standard InChI is InChI=1S/C12H11BrIN3O/c1-7(11-15-4-5-16-11)17-12(18)9-6-8(14)2-3-10(9)13/h2-7H,1H3,(H,15,16)(H,17,18). The van der Waals surface area contributed by atoms with Crippen LogP contribution in [-0.4, -0.2) is 15.9 Å². The van der Waals surface area contributed by atoms with Crippen molar-refractivity contribution in [2.75, 3.05) is 0 Å². The van der Waals surface area contributed by atoms with Crippen LogP contribution in [0.2, 0.25) is 0 Å². The molecule has 0 fully saturated rings. The van der Waals surface area contributed by atoms with Gasteiger partial charge in [-0.1, -0.05) is 0 Å². The maximum absolute atomic E-state index is 12.1. The first-order valence-electron chi connectivity index (χ1n) is 5.33. The normalized spacial score (nSPS) is 12.2. The van der Waals surface area contributed by atoms with E-state index < -0.39 is 0 Å². The molecule has 0 spiro atoms. The minimum Gasteiger partial charge on any atom is -0.347 e. The molecule has 1 amide bonds. The highest BCUT2D eigenvalue weighted by molar-refractivity contribution is 14.1. The van der Waals surface area contributed by atoms with Crippen LogP contribution >= 0.6 is 38.5 Å². The average molecular weight is 420 g/mol. The maximum Gasteiger partial charge on any atom is 0.253 e. The van der Waals surface area contributed by atoms with Gasteiger partial charge in [0.25, 0.3) is 5.91 Å². The molecule has 4 nitrogen and oxygen atoms in total. The zero-order valence-electron chi connectivity index (χ0n) is 9.58. The van der Waals surface area contributed by atoms with Crippen LogP contribution in [0.15, 0.2) is 35.1 Å². The van der Waals surface area contributed by atoms with E-state index in [1.54, 1.807) is 12.4 Å². The lowest BCUT2D eigenvalue weighted by Gasteiger charge is -2.12. The number of carbonyl (C=O) groups excluding carboxylic acids is 1. The molecule has 1 heterocycles. The minimum absolute atomic E-state index is 0.121. The first kappa shape index (κ1) is 13.5. The molecule has 94 valence electrons. The number of halogens is 2. The third-order valence-electron chi connectivity index (χ3n) is 2.45. The number of nitrogens with one attached hydrogen (secondary N) is 2. The number of nitrogens with zero attached hydrogens (tertiary/aromatic N) is 1. The van der Waals surface area contributed by atoms with E-state index in [-0.39, 0.29) is 11.9 Å². The second-order valence-corrected chi connectivity index (χ2v) is 5.89. The molecule has 1 aromatic heterocycles. The van der Waals surface area contributed by atoms with Gasteiger partial charge < -0.3 is 10.3 Å². The third-order valence-corrected chi connectivity index (χ3v) is 3.81. The first-order valence-corrected chi connectivity index (χ1v) is 7.20. The molecule has 0 bridgehead atoms. The monoisotopic (exact) mass is 419 g/mol. The van der Waals surface area contributed by atoms with Crippen LogP contribution in [-0.2, 0) is 0 Å². The van der Waals surface area contributed by atoms with Gasteiger partial charge in [-0.15, -0.1) is 0 Å². The van der Waals surface area contributed by atoms with Gasteiger partial charge in [-0.25, -0.2) is 4.98 Å². The fourth-order valence-corrected chi connectivity index (χ4v) is 2.45. The van der Waals surface area contributed by atoms with E-state index in [1.807, 2.05) is 25.1 Å². The van der Waals surface area contributed by atoms with Gasteiger partial charge in [0.15, 0.2) is 0 Å². The number of hydrogen-bond donors (Lipinski definition) is 2. The summed E-state index contributed by atoms with van der Waals surface area (Å²) in [5.74, 6) is 0.620. The van der Waals surface area contributed by atoms with Crippen molar-refractivity contribution in [1.29, 1.82) is 0 Å². The second-order valence-electron chi connectivity index (χ2n) is 3.79. The van der Waals surface area contributed by atoms with E-state index in [0.717, 1.165) is 13.9 Å². The summed E-state index contributed by atoms with van der Waals surface area (Å²) in [6.45, 7) is 1.89. The van der Waals surface area contributed by atoms with Gasteiger partial charge in [0, 0.05) is 20.4 Å². The lowest BCUT2D eigenvalue weighted by Crippen LogP contribution is -2.27. The van der Waals surface area contributed by atoms with Crippen LogP contribution in [0.1, 0.15) is 29.1 Å². The van der Waals surface area contributed by atoms with E-state index in [9.17, 15) is 4.79 Å². The number of benzene rings is 1. The number of rotatable bonds is 3. The SMILES string of the molecule is CC(NC(=O)c1cc(I)ccc1Br)c1ncc[nH]1. The van der Waals surface area contributed by atoms with Crippen LogP contribution < -0.4 is 5.32 Å². The summed E-state index contributed by atoms with van der Waals surface area (Å²) in [4.78, 5) is 19.2. The number of H-pyrrole nitrogens is 1. The van der Waals surface area contributed by atoms with Crippen LogP contribution in [0.5, 0.6) is 0 Å². The van der Waals surface area contributed by atoms with Crippen LogP contribution in [0, 0.1) is 3.57 Å². The van der Waals surface area contributed by atoms with E-state index in [0.29, 0.717) is 5.56 Å². The second kappa shape index (κ2) is 5.83. The van der Waals surface area contributed by atoms with Gasteiger partial charge in [0.1, 0.15) is 5.82 Å². The molecule has 1 aromatic carbocycles. The number of amides is 1. The highest BCUT2D eigenvalue weighted by atomic mass is 127. The molecule has 1 atom stereocenters. The lowest BCUT2D eigenvalue weighted by atomic mass is 10.2. The Morgan fingerprint density at radius 1 is 1.56 bits per heavy atom. The summed E-state index contributed by atoms with van der Waals surface area (Å²) in [5.41, 5.74) is 0.625. The molecular weight excluding hydrogens is 409 g/mol. The van der Waals surface area contributed by atoms with Crippen molar-refractivity contribution in [2.24, 2.45) is 0 Å². The molecule has 2 N–H and O–H groups in total. The molecular formula is C12H11BrIN3O. The maximum atomic E-state index is 12.1. The van der Waals surface area contributed by atoms with E-state index in [1.165, 1.54) is 0 Å². The van der Waals surface area contributed by atoms with Gasteiger partial charge in [-0.3, -0.25) is 4.79 Å². The van der Waals surface area contributed by atoms with Crippen LogP contribution in [0.25, 0.3) is 0 Å². The van der Waals surface area contributed by atoms with Gasteiger partial charge in [-0.05, 0) is 63.6 Å². The number of aromatic amines is 1. The fourth-order valence-electron chi connectivity index (χ4n) is 1.53. The van der Waals surface area contributed by atoms with Crippen molar-refractivity contribution in [1.82, 2.24) is 15.3 Å². The van der Waals surface area contributed by atoms with Gasteiger partial charge >= 0.3 is 0 Å². The van der Waals surface area contributed by atoms with E-state index in [2.05, 4.69) is 53.8 Å². The number of aromatic nitrogens is 2. The Kier molecular flexibility index (Phi) is 4.39. The number of hydrogen-bond acceptors (Lipinski definition) is 2. The summed E-state index contributed by atoms with van der Waals surface area (Å²) >= 11 is 5.56. The number of carbonyl (C=O) groups is 1. The Morgan fingerprint density at radius 3 is 3.00 bits per heavy atom. The van der Waals surface area contributed by atoms with Crippen molar-refractivity contribution >= 4 is 44.4 Å². The molecule has 0 aliphatic carbocycles. The highest BCUT2D eigenvalue weighted by Gasteiger charge is 2.15. The van der Waals surface area contributed by atoms with Crippen molar-refractivity contribution < 1.29 is 4.79 Å². The quantitative estimate of drug-likeness (QED) is 0.750. The predicted octanol–water partition coefficient (Wildman–Crippen LogP) is 3.27. The fraction of sp³-hybridized carbons (Fsp3) is 0.167. The molecule has 1 unspecified atom stereocenters. The van der Waals surface area contributed by atoms with Gasteiger partial charge in [0.05, 0.1) is 11.6 Å². The van der Waals surface area contributed by atoms with Gasteiger partial charge in [-0.2, -0.15) is 0 Å². The molecule has 0 radical (unpaired) electrons. The Morgan fingerprint density at radius 2 is 2.33 bits per heavy atom.